The van der Waals surface area contributed by atoms with Gasteiger partial charge in [0.05, 0.1) is 11.9 Å². The molecular formula is C7H4N2O3S. The molecule has 0 radical (unpaired) electrons. The van der Waals surface area contributed by atoms with Gasteiger partial charge in [-0.05, 0) is 0 Å². The SMILES string of the molecule is O=C1CC(=O)N(c2cscn2)C1=O. The third-order valence-electron chi connectivity index (χ3n) is 1.65. The van der Waals surface area contributed by atoms with Crippen molar-refractivity contribution in [1.82, 2.24) is 4.98 Å². The fourth-order valence-electron chi connectivity index (χ4n) is 1.08. The lowest BCUT2D eigenvalue weighted by Crippen LogP contribution is -2.30. The summed E-state index contributed by atoms with van der Waals surface area (Å²) in [6.45, 7) is 0. The first kappa shape index (κ1) is 8.06. The highest BCUT2D eigenvalue weighted by Gasteiger charge is 2.38. The third-order valence-corrected chi connectivity index (χ3v) is 2.23. The zero-order valence-corrected chi connectivity index (χ0v) is 7.21. The van der Waals surface area contributed by atoms with Crippen LogP contribution in [0.1, 0.15) is 6.42 Å². The average Bonchev–Trinajstić information content (AvgIpc) is 2.63. The Labute approximate surface area is 77.0 Å². The second-order valence-electron chi connectivity index (χ2n) is 2.48. The van der Waals surface area contributed by atoms with Crippen LogP contribution in [-0.2, 0) is 14.4 Å². The van der Waals surface area contributed by atoms with Crippen LogP contribution in [0.15, 0.2) is 10.9 Å². The van der Waals surface area contributed by atoms with E-state index in [1.54, 1.807) is 5.38 Å². The molecule has 66 valence electrons. The molecule has 2 amide bonds. The summed E-state index contributed by atoms with van der Waals surface area (Å²) in [5, 5.41) is 1.55. The number of ketones is 1. The molecule has 5 nitrogen and oxygen atoms in total. The van der Waals surface area contributed by atoms with Crippen molar-refractivity contribution in [3.05, 3.63) is 10.9 Å². The highest BCUT2D eigenvalue weighted by molar-refractivity contribution is 7.08. The Hall–Kier alpha value is -1.56. The van der Waals surface area contributed by atoms with Crippen molar-refractivity contribution < 1.29 is 14.4 Å². The predicted molar refractivity (Wildman–Crippen MR) is 44.2 cm³/mol. The van der Waals surface area contributed by atoms with Crippen molar-refractivity contribution in [2.45, 2.75) is 6.42 Å². The van der Waals surface area contributed by atoms with E-state index < -0.39 is 17.6 Å². The van der Waals surface area contributed by atoms with Crippen molar-refractivity contribution in [3.63, 3.8) is 0 Å². The number of Topliss-reactive ketones (excluding diaryl/α,β-unsaturated/α-hetero) is 1. The summed E-state index contributed by atoms with van der Waals surface area (Å²) >= 11 is 1.26. The molecule has 1 aliphatic heterocycles. The van der Waals surface area contributed by atoms with Crippen LogP contribution >= 0.6 is 11.3 Å². The van der Waals surface area contributed by atoms with Gasteiger partial charge in [0.1, 0.15) is 0 Å². The van der Waals surface area contributed by atoms with Gasteiger partial charge in [-0.15, -0.1) is 11.3 Å². The molecule has 1 saturated heterocycles. The minimum atomic E-state index is -0.782. The van der Waals surface area contributed by atoms with E-state index in [0.717, 1.165) is 4.90 Å². The van der Waals surface area contributed by atoms with Crippen molar-refractivity contribution in [1.29, 1.82) is 0 Å². The molecule has 2 heterocycles. The van der Waals surface area contributed by atoms with E-state index in [1.165, 1.54) is 16.8 Å². The Kier molecular flexibility index (Phi) is 1.70. The lowest BCUT2D eigenvalue weighted by atomic mass is 10.3. The zero-order chi connectivity index (χ0) is 9.42. The molecule has 0 spiro atoms. The summed E-state index contributed by atoms with van der Waals surface area (Å²) < 4.78 is 0. The van der Waals surface area contributed by atoms with Gasteiger partial charge in [-0.3, -0.25) is 14.4 Å². The standard InChI is InChI=1S/C7H4N2O3S/c10-4-1-6(11)9(7(4)12)5-2-13-3-8-5/h2-3H,1H2. The Morgan fingerprint density at radius 2 is 2.15 bits per heavy atom. The number of rotatable bonds is 1. The lowest BCUT2D eigenvalue weighted by Gasteiger charge is -2.07. The number of anilines is 1. The predicted octanol–water partition coefficient (Wildman–Crippen LogP) is -0.0245. The topological polar surface area (TPSA) is 67.3 Å². The number of imide groups is 1. The van der Waals surface area contributed by atoms with E-state index in [0.29, 0.717) is 0 Å². The summed E-state index contributed by atoms with van der Waals surface area (Å²) in [6.07, 6.45) is -0.337. The van der Waals surface area contributed by atoms with Gasteiger partial charge in [-0.25, -0.2) is 9.88 Å². The van der Waals surface area contributed by atoms with E-state index in [-0.39, 0.29) is 12.2 Å². The highest BCUT2D eigenvalue weighted by atomic mass is 32.1. The van der Waals surface area contributed by atoms with Crippen molar-refractivity contribution in [2.75, 3.05) is 4.90 Å². The molecule has 6 heteroatoms. The van der Waals surface area contributed by atoms with Crippen LogP contribution in [0.25, 0.3) is 0 Å². The smallest absolute Gasteiger partial charge is 0.288 e. The summed E-state index contributed by atoms with van der Waals surface area (Å²) in [5.41, 5.74) is 1.50. The Morgan fingerprint density at radius 3 is 2.62 bits per heavy atom. The average molecular weight is 196 g/mol. The first-order chi connectivity index (χ1) is 6.20. The van der Waals surface area contributed by atoms with Crippen LogP contribution in [0.4, 0.5) is 5.82 Å². The summed E-state index contributed by atoms with van der Waals surface area (Å²) in [4.78, 5) is 37.7. The molecule has 0 aromatic carbocycles. The molecule has 1 aromatic heterocycles. The van der Waals surface area contributed by atoms with Gasteiger partial charge in [0.2, 0.25) is 11.7 Å². The minimum Gasteiger partial charge on any atom is -0.288 e. The molecule has 0 saturated carbocycles. The van der Waals surface area contributed by atoms with E-state index in [4.69, 9.17) is 0 Å². The molecule has 0 unspecified atom stereocenters. The van der Waals surface area contributed by atoms with Crippen LogP contribution in [0.3, 0.4) is 0 Å². The normalized spacial score (nSPS) is 17.2. The number of hydrogen-bond donors (Lipinski definition) is 0. The summed E-state index contributed by atoms with van der Waals surface area (Å²) in [6, 6.07) is 0. The van der Waals surface area contributed by atoms with Gasteiger partial charge in [0.15, 0.2) is 5.82 Å². The van der Waals surface area contributed by atoms with Crippen molar-refractivity contribution >= 4 is 34.8 Å². The fourth-order valence-corrected chi connectivity index (χ4v) is 1.60. The fraction of sp³-hybridized carbons (Fsp3) is 0.143. The molecule has 1 aliphatic rings. The van der Waals surface area contributed by atoms with Gasteiger partial charge in [0.25, 0.3) is 0 Å². The van der Waals surface area contributed by atoms with Gasteiger partial charge in [0, 0.05) is 5.38 Å². The summed E-state index contributed by atoms with van der Waals surface area (Å²) in [7, 11) is 0. The van der Waals surface area contributed by atoms with Crippen molar-refractivity contribution in [3.8, 4) is 0 Å². The van der Waals surface area contributed by atoms with E-state index >= 15 is 0 Å². The maximum absolute atomic E-state index is 11.1. The largest absolute Gasteiger partial charge is 0.302 e. The first-order valence-electron chi connectivity index (χ1n) is 3.48. The molecule has 0 bridgehead atoms. The van der Waals surface area contributed by atoms with Crippen LogP contribution in [0, 0.1) is 0 Å². The number of nitrogens with zero attached hydrogens (tertiary/aromatic N) is 2. The number of amides is 2. The van der Waals surface area contributed by atoms with E-state index in [9.17, 15) is 14.4 Å². The second kappa shape index (κ2) is 2.74. The minimum absolute atomic E-state index is 0.242. The van der Waals surface area contributed by atoms with Crippen LogP contribution in [0.5, 0.6) is 0 Å². The van der Waals surface area contributed by atoms with Gasteiger partial charge in [-0.2, -0.15) is 0 Å². The quantitative estimate of drug-likeness (QED) is 0.359. The Morgan fingerprint density at radius 1 is 1.38 bits per heavy atom. The maximum Gasteiger partial charge on any atom is 0.302 e. The molecule has 1 aromatic rings. The number of carbonyl (C=O) groups is 3. The van der Waals surface area contributed by atoms with Gasteiger partial charge < -0.3 is 0 Å². The molecule has 13 heavy (non-hydrogen) atoms. The van der Waals surface area contributed by atoms with E-state index in [1.807, 2.05) is 0 Å². The Balaban J connectivity index is 2.40. The Bertz CT molecular complexity index is 384. The first-order valence-corrected chi connectivity index (χ1v) is 4.42. The molecule has 0 N–H and O–H groups in total. The third kappa shape index (κ3) is 1.15. The van der Waals surface area contributed by atoms with Crippen LogP contribution in [-0.4, -0.2) is 22.6 Å². The second-order valence-corrected chi connectivity index (χ2v) is 3.20. The van der Waals surface area contributed by atoms with E-state index in [2.05, 4.69) is 4.98 Å². The lowest BCUT2D eigenvalue weighted by molar-refractivity contribution is -0.133. The van der Waals surface area contributed by atoms with Crippen LogP contribution < -0.4 is 4.90 Å². The molecular weight excluding hydrogens is 192 g/mol. The molecule has 0 aliphatic carbocycles. The maximum atomic E-state index is 11.1. The number of carbonyl (C=O) groups excluding carboxylic acids is 3. The highest BCUT2D eigenvalue weighted by Crippen LogP contribution is 2.19. The zero-order valence-electron chi connectivity index (χ0n) is 6.39. The molecule has 1 fully saturated rings. The summed E-state index contributed by atoms with van der Waals surface area (Å²) in [5.74, 6) is -1.71. The van der Waals surface area contributed by atoms with Gasteiger partial charge in [-0.1, -0.05) is 0 Å². The number of hydrogen-bond acceptors (Lipinski definition) is 5. The monoisotopic (exact) mass is 196 g/mol. The van der Waals surface area contributed by atoms with Crippen molar-refractivity contribution in [2.24, 2.45) is 0 Å². The number of thiazole rings is 1. The van der Waals surface area contributed by atoms with Crippen LogP contribution in [0.2, 0.25) is 0 Å². The molecule has 0 atom stereocenters. The van der Waals surface area contributed by atoms with Gasteiger partial charge >= 0.3 is 5.91 Å². The molecule has 2 rings (SSSR count). The number of aromatic nitrogens is 1.